The lowest BCUT2D eigenvalue weighted by Gasteiger charge is -2.28. The largest absolute Gasteiger partial charge is 0.290 e. The van der Waals surface area contributed by atoms with Gasteiger partial charge in [-0.3, -0.25) is 19.6 Å². The third-order valence-corrected chi connectivity index (χ3v) is 13.7. The lowest BCUT2D eigenvalue weighted by atomic mass is 9.80. The van der Waals surface area contributed by atoms with Crippen molar-refractivity contribution in [3.63, 3.8) is 0 Å². The molecule has 4 nitrogen and oxygen atoms in total. The molecule has 6 rings (SSSR count). The van der Waals surface area contributed by atoms with Crippen LogP contribution < -0.4 is 30.2 Å². The van der Waals surface area contributed by atoms with E-state index in [2.05, 4.69) is 280 Å². The van der Waals surface area contributed by atoms with Crippen LogP contribution in [0.2, 0.25) is 0 Å². The van der Waals surface area contributed by atoms with E-state index in [1.807, 2.05) is 12.1 Å². The Morgan fingerprint density at radius 3 is 0.784 bits per heavy atom. The lowest BCUT2D eigenvalue weighted by molar-refractivity contribution is -0.103. The Bertz CT molecular complexity index is 2530. The van der Waals surface area contributed by atoms with E-state index >= 15 is 0 Å². The molecule has 0 bridgehead atoms. The predicted octanol–water partition coefficient (Wildman–Crippen LogP) is 18.7. The van der Waals surface area contributed by atoms with E-state index in [9.17, 15) is 0 Å². The number of hydrogen-bond acceptors (Lipinski definition) is 4. The van der Waals surface area contributed by atoms with E-state index in [-0.39, 0.29) is 32.5 Å². The minimum Gasteiger partial charge on any atom is -0.290 e. The first-order valence-electron chi connectivity index (χ1n) is 26.9. The highest BCUT2D eigenvalue weighted by molar-refractivity contribution is 7.27. The van der Waals surface area contributed by atoms with Crippen LogP contribution in [0.3, 0.4) is 0 Å². The first kappa shape index (κ1) is 61.9. The Hall–Kier alpha value is -4.62. The first-order chi connectivity index (χ1) is 33.9. The summed E-state index contributed by atoms with van der Waals surface area (Å²) in [6.07, 6.45) is 2.13. The third-order valence-electron chi connectivity index (χ3n) is 12.9. The maximum atomic E-state index is 5.98. The van der Waals surface area contributed by atoms with Crippen LogP contribution >= 0.6 is 18.5 Å². The van der Waals surface area contributed by atoms with Gasteiger partial charge in [-0.15, -0.1) is 18.5 Å². The molecule has 0 N–H and O–H groups in total. The summed E-state index contributed by atoms with van der Waals surface area (Å²) in [6, 6.07) is 42.8. The van der Waals surface area contributed by atoms with Gasteiger partial charge in [-0.2, -0.15) is 0 Å². The van der Waals surface area contributed by atoms with Crippen LogP contribution in [0.5, 0.6) is 23.0 Å². The zero-order valence-corrected chi connectivity index (χ0v) is 52.2. The highest BCUT2D eigenvalue weighted by Gasteiger charge is 2.28. The average Bonchev–Trinajstić information content (AvgIpc) is 3.27. The summed E-state index contributed by atoms with van der Waals surface area (Å²) < 4.78 is 0. The summed E-state index contributed by atoms with van der Waals surface area (Å²) in [6.45, 7) is 49.0. The van der Waals surface area contributed by atoms with Gasteiger partial charge in [-0.25, -0.2) is 0 Å². The monoisotopic (exact) mass is 1040 g/mol. The molecule has 0 aliphatic carbocycles. The van der Waals surface area contributed by atoms with Crippen molar-refractivity contribution in [3.8, 4) is 34.1 Å². The fourth-order valence-corrected chi connectivity index (χ4v) is 8.89. The number of rotatable bonds is 11. The quantitative estimate of drug-likeness (QED) is 0.0736. The summed E-state index contributed by atoms with van der Waals surface area (Å²) in [5.41, 5.74) is 12.5. The summed E-state index contributed by atoms with van der Waals surface area (Å²) in [5.74, 6) is 4.38. The smallest absolute Gasteiger partial charge is 0.182 e. The van der Waals surface area contributed by atoms with E-state index < -0.39 is 0 Å². The molecular weight excluding hydrogens is 943 g/mol. The van der Waals surface area contributed by atoms with Crippen LogP contribution in [0.15, 0.2) is 121 Å². The molecule has 0 aliphatic heterocycles. The van der Waals surface area contributed by atoms with Gasteiger partial charge in [0.1, 0.15) is 0 Å². The Morgan fingerprint density at radius 1 is 0.311 bits per heavy atom. The van der Waals surface area contributed by atoms with Crippen molar-refractivity contribution < 1.29 is 19.6 Å². The second-order valence-electron chi connectivity index (χ2n) is 27.4. The van der Waals surface area contributed by atoms with Crippen LogP contribution in [0, 0.1) is 11.8 Å². The van der Waals surface area contributed by atoms with Crippen molar-refractivity contribution in [1.82, 2.24) is 0 Å². The molecule has 6 aromatic rings. The summed E-state index contributed by atoms with van der Waals surface area (Å²) in [5, 5.41) is 2.44. The molecular formula is C68H96O4P2. The van der Waals surface area contributed by atoms with Gasteiger partial charge in [-0.05, 0) is 125 Å². The van der Waals surface area contributed by atoms with Crippen LogP contribution in [-0.4, -0.2) is 0 Å². The fraction of sp³-hybridized carbons (Fsp3) is 0.471. The number of benzene rings is 6. The topological polar surface area (TPSA) is 36.9 Å². The highest BCUT2D eigenvalue weighted by atomic mass is 31.0. The standard InChI is InChI=1S/2C28H42O2.C12H12P2/c1-25(2,3)19-13-15-23(21(17-19)27(7,8)9)29-30-24-16-14-20(26(4,5)6)18-22(24)28(10,11)12;1-19(2)15-21-11-13-25(23(17-21)27(5,6)7)29-30-26-14-12-22(16-20(3)4)18-24(26)28(8,9)10;13-11-5-1-9(2-6-11)10-3-7-12(14)8-4-10/h13-18H,1-12H3;11-14,17-20H,15-16H2,1-10H3;1-8H,13-14H2. The van der Waals surface area contributed by atoms with Crippen molar-refractivity contribution in [3.05, 3.63) is 166 Å². The third kappa shape index (κ3) is 18.9. The second-order valence-corrected chi connectivity index (χ2v) is 28.7. The van der Waals surface area contributed by atoms with Gasteiger partial charge in [0.05, 0.1) is 0 Å². The molecule has 402 valence electrons. The number of hydrogen-bond donors (Lipinski definition) is 0. The Kier molecular flexibility index (Phi) is 20.9. The predicted molar refractivity (Wildman–Crippen MR) is 328 cm³/mol. The molecule has 0 fully saturated rings. The average molecular weight is 1040 g/mol. The van der Waals surface area contributed by atoms with E-state index in [4.69, 9.17) is 19.6 Å². The first-order valence-corrected chi connectivity index (χ1v) is 28.1. The molecule has 74 heavy (non-hydrogen) atoms. The lowest BCUT2D eigenvalue weighted by Crippen LogP contribution is -2.20. The minimum absolute atomic E-state index is 0.0281. The Labute approximate surface area is 455 Å². The second kappa shape index (κ2) is 25.0. The summed E-state index contributed by atoms with van der Waals surface area (Å²) in [7, 11) is 5.39. The zero-order valence-electron chi connectivity index (χ0n) is 49.9. The Morgan fingerprint density at radius 2 is 0.554 bits per heavy atom. The summed E-state index contributed by atoms with van der Waals surface area (Å²) in [4.78, 5) is 23.9. The van der Waals surface area contributed by atoms with Gasteiger partial charge in [0, 0.05) is 22.3 Å². The van der Waals surface area contributed by atoms with Crippen molar-refractivity contribution >= 4 is 29.1 Å². The van der Waals surface area contributed by atoms with E-state index in [1.165, 1.54) is 55.1 Å². The normalized spacial score (nSPS) is 12.4. The van der Waals surface area contributed by atoms with Crippen LogP contribution in [0.1, 0.15) is 197 Å². The molecule has 0 heterocycles. The molecule has 0 saturated heterocycles. The molecule has 2 atom stereocenters. The van der Waals surface area contributed by atoms with Gasteiger partial charge >= 0.3 is 0 Å². The van der Waals surface area contributed by atoms with E-state index in [0.717, 1.165) is 47.0 Å². The van der Waals surface area contributed by atoms with Gasteiger partial charge in [-0.1, -0.05) is 249 Å². The van der Waals surface area contributed by atoms with Crippen LogP contribution in [0.25, 0.3) is 11.1 Å². The summed E-state index contributed by atoms with van der Waals surface area (Å²) >= 11 is 0. The minimum atomic E-state index is -0.0527. The van der Waals surface area contributed by atoms with Crippen molar-refractivity contribution in [2.24, 2.45) is 11.8 Å². The zero-order chi connectivity index (χ0) is 55.8. The molecule has 0 amide bonds. The van der Waals surface area contributed by atoms with E-state index in [1.54, 1.807) is 0 Å². The fourth-order valence-electron chi connectivity index (χ4n) is 8.51. The maximum Gasteiger partial charge on any atom is 0.182 e. The van der Waals surface area contributed by atoms with Gasteiger partial charge in [0.2, 0.25) is 0 Å². The molecule has 2 unspecified atom stereocenters. The van der Waals surface area contributed by atoms with E-state index in [0.29, 0.717) is 11.8 Å². The molecule has 6 heteroatoms. The van der Waals surface area contributed by atoms with Gasteiger partial charge < -0.3 is 0 Å². The van der Waals surface area contributed by atoms with Gasteiger partial charge in [0.25, 0.3) is 0 Å². The van der Waals surface area contributed by atoms with Crippen molar-refractivity contribution in [2.75, 3.05) is 0 Å². The van der Waals surface area contributed by atoms with Crippen LogP contribution in [-0.2, 0) is 45.3 Å². The van der Waals surface area contributed by atoms with Crippen molar-refractivity contribution in [2.45, 2.75) is 198 Å². The van der Waals surface area contributed by atoms with Gasteiger partial charge in [0.15, 0.2) is 23.0 Å². The molecule has 0 radical (unpaired) electrons. The Balaban J connectivity index is 0.000000255. The molecule has 0 saturated carbocycles. The molecule has 6 aromatic carbocycles. The molecule has 0 aromatic heterocycles. The molecule has 0 spiro atoms. The van der Waals surface area contributed by atoms with Crippen LogP contribution in [0.4, 0.5) is 0 Å². The van der Waals surface area contributed by atoms with Crippen molar-refractivity contribution in [1.29, 1.82) is 0 Å². The SMILES string of the molecule is CC(C)(C)c1ccc(OOc2ccc(C(C)(C)C)cc2C(C)(C)C)c(C(C)(C)C)c1.CC(C)Cc1ccc(OOc2ccc(CC(C)C)cc2C(C)(C)C)c(C(C)(C)C)c1.Pc1ccc(-c2ccc(P)cc2)cc1. The highest BCUT2D eigenvalue weighted by Crippen LogP contribution is 2.40. The maximum absolute atomic E-state index is 5.98. The molecule has 0 aliphatic rings.